The maximum absolute atomic E-state index is 13.7. The Bertz CT molecular complexity index is 1150. The second-order valence-electron chi connectivity index (χ2n) is 6.71. The summed E-state index contributed by atoms with van der Waals surface area (Å²) in [5, 5.41) is 3.42. The van der Waals surface area contributed by atoms with Crippen molar-refractivity contribution in [3.05, 3.63) is 75.7 Å². The van der Waals surface area contributed by atoms with E-state index in [4.69, 9.17) is 9.47 Å². The van der Waals surface area contributed by atoms with E-state index in [2.05, 4.69) is 5.32 Å². The van der Waals surface area contributed by atoms with Crippen LogP contribution in [-0.2, 0) is 9.84 Å². The third-order valence-electron chi connectivity index (χ3n) is 4.80. The van der Waals surface area contributed by atoms with Crippen LogP contribution in [0, 0.1) is 12.7 Å². The lowest BCUT2D eigenvalue weighted by Gasteiger charge is -2.19. The highest BCUT2D eigenvalue weighted by atomic mass is 32.2. The molecule has 164 valence electrons. The van der Waals surface area contributed by atoms with Gasteiger partial charge in [0.15, 0.2) is 9.84 Å². The van der Waals surface area contributed by atoms with E-state index >= 15 is 0 Å². The molecule has 0 aliphatic carbocycles. The molecular weight excluding hydrogens is 441 g/mol. The molecule has 1 aromatic heterocycles. The number of hydrogen-bond donors (Lipinski definition) is 1. The number of halogens is 1. The fourth-order valence-electron chi connectivity index (χ4n) is 3.14. The van der Waals surface area contributed by atoms with Crippen molar-refractivity contribution in [3.8, 4) is 11.5 Å². The smallest absolute Gasteiger partial charge is 0.258 e. The molecule has 1 atom stereocenters. The average Bonchev–Trinajstić information content (AvgIpc) is 3.29. The van der Waals surface area contributed by atoms with E-state index in [-0.39, 0.29) is 22.6 Å². The molecule has 1 amide bonds. The number of carbonyl (C=O) groups excluding carboxylic acids is 1. The SMILES string of the molecule is COc1cccc(OC)c1C(=O)NC[C@@H](c1cccs1)S(=O)(=O)c1ccc(F)c(C)c1. The van der Waals surface area contributed by atoms with Gasteiger partial charge in [-0.15, -0.1) is 11.3 Å². The average molecular weight is 464 g/mol. The quantitative estimate of drug-likeness (QED) is 0.508. The Balaban J connectivity index is 1.94. The van der Waals surface area contributed by atoms with Crippen molar-refractivity contribution in [1.29, 1.82) is 0 Å². The maximum Gasteiger partial charge on any atom is 0.258 e. The largest absolute Gasteiger partial charge is 0.496 e. The minimum atomic E-state index is -3.91. The third-order valence-corrected chi connectivity index (χ3v) is 8.01. The van der Waals surface area contributed by atoms with Crippen molar-refractivity contribution in [2.75, 3.05) is 20.8 Å². The van der Waals surface area contributed by atoms with Gasteiger partial charge in [-0.1, -0.05) is 12.1 Å². The number of aryl methyl sites for hydroxylation is 1. The number of methoxy groups -OCH3 is 2. The van der Waals surface area contributed by atoms with Crippen LogP contribution in [-0.4, -0.2) is 35.1 Å². The Labute approximate surface area is 184 Å². The fraction of sp³-hybridized carbons (Fsp3) is 0.227. The predicted octanol–water partition coefficient (Wildman–Crippen LogP) is 4.16. The van der Waals surface area contributed by atoms with Gasteiger partial charge in [0.1, 0.15) is 28.1 Å². The van der Waals surface area contributed by atoms with Crippen LogP contribution in [0.1, 0.15) is 26.0 Å². The van der Waals surface area contributed by atoms with Crippen LogP contribution in [0.3, 0.4) is 0 Å². The van der Waals surface area contributed by atoms with Crippen molar-refractivity contribution < 1.29 is 27.1 Å². The fourth-order valence-corrected chi connectivity index (χ4v) is 6.01. The lowest BCUT2D eigenvalue weighted by atomic mass is 10.1. The van der Waals surface area contributed by atoms with Crippen LogP contribution >= 0.6 is 11.3 Å². The van der Waals surface area contributed by atoms with Crippen molar-refractivity contribution in [3.63, 3.8) is 0 Å². The molecule has 3 rings (SSSR count). The number of nitrogens with one attached hydrogen (secondary N) is 1. The van der Waals surface area contributed by atoms with Crippen LogP contribution in [0.15, 0.2) is 58.8 Å². The molecule has 2 aromatic carbocycles. The Hall–Kier alpha value is -2.91. The van der Waals surface area contributed by atoms with Crippen molar-refractivity contribution in [1.82, 2.24) is 5.32 Å². The van der Waals surface area contributed by atoms with Crippen LogP contribution < -0.4 is 14.8 Å². The first-order valence-electron chi connectivity index (χ1n) is 9.32. The van der Waals surface area contributed by atoms with Crippen molar-refractivity contribution >= 4 is 27.1 Å². The zero-order chi connectivity index (χ0) is 22.6. The van der Waals surface area contributed by atoms with E-state index in [0.717, 1.165) is 6.07 Å². The molecule has 0 aliphatic rings. The zero-order valence-corrected chi connectivity index (χ0v) is 18.8. The van der Waals surface area contributed by atoms with Gasteiger partial charge in [-0.05, 0) is 54.3 Å². The number of carbonyl (C=O) groups is 1. The summed E-state index contributed by atoms with van der Waals surface area (Å²) in [5.41, 5.74) is 0.404. The van der Waals surface area contributed by atoms with Crippen molar-refractivity contribution in [2.24, 2.45) is 0 Å². The van der Waals surface area contributed by atoms with Gasteiger partial charge in [-0.3, -0.25) is 4.79 Å². The second kappa shape index (κ2) is 9.49. The van der Waals surface area contributed by atoms with E-state index in [1.54, 1.807) is 35.7 Å². The molecule has 0 unspecified atom stereocenters. The number of benzene rings is 2. The molecule has 0 saturated heterocycles. The minimum Gasteiger partial charge on any atom is -0.496 e. The molecular formula is C22H22FNO5S2. The zero-order valence-electron chi connectivity index (χ0n) is 17.2. The van der Waals surface area contributed by atoms with Gasteiger partial charge >= 0.3 is 0 Å². The van der Waals surface area contributed by atoms with Crippen LogP contribution in [0.4, 0.5) is 4.39 Å². The summed E-state index contributed by atoms with van der Waals surface area (Å²) in [5.74, 6) is -0.396. The van der Waals surface area contributed by atoms with E-state index < -0.39 is 26.8 Å². The molecule has 0 radical (unpaired) electrons. The predicted molar refractivity (Wildman–Crippen MR) is 117 cm³/mol. The first-order chi connectivity index (χ1) is 14.8. The standard InChI is InChI=1S/C22H22FNO5S2/c1-14-12-15(9-10-16(14)23)31(26,27)20(19-8-5-11-30-19)13-24-22(25)21-17(28-2)6-4-7-18(21)29-3/h4-12,20H,13H2,1-3H3,(H,24,25)/t20-/m0/s1. The monoisotopic (exact) mass is 463 g/mol. The molecule has 9 heteroatoms. The number of hydrogen-bond acceptors (Lipinski definition) is 6. The molecule has 0 fully saturated rings. The summed E-state index contributed by atoms with van der Waals surface area (Å²) in [4.78, 5) is 13.5. The maximum atomic E-state index is 13.7. The van der Waals surface area contributed by atoms with Gasteiger partial charge < -0.3 is 14.8 Å². The number of thiophene rings is 1. The first-order valence-corrected chi connectivity index (χ1v) is 11.7. The molecule has 1 N–H and O–H groups in total. The van der Waals surface area contributed by atoms with Crippen LogP contribution in [0.5, 0.6) is 11.5 Å². The Kier molecular flexibility index (Phi) is 6.97. The topological polar surface area (TPSA) is 81.7 Å². The summed E-state index contributed by atoms with van der Waals surface area (Å²) in [6.45, 7) is 1.32. The van der Waals surface area contributed by atoms with Gasteiger partial charge in [-0.25, -0.2) is 12.8 Å². The molecule has 3 aromatic rings. The molecule has 0 spiro atoms. The molecule has 0 aliphatic heterocycles. The summed E-state index contributed by atoms with van der Waals surface area (Å²) in [6.07, 6.45) is 0. The minimum absolute atomic E-state index is 0.00563. The highest BCUT2D eigenvalue weighted by Gasteiger charge is 2.31. The molecule has 6 nitrogen and oxygen atoms in total. The lowest BCUT2D eigenvalue weighted by Crippen LogP contribution is -2.32. The van der Waals surface area contributed by atoms with E-state index in [9.17, 15) is 17.6 Å². The Morgan fingerprint density at radius 3 is 2.32 bits per heavy atom. The highest BCUT2D eigenvalue weighted by molar-refractivity contribution is 7.91. The summed E-state index contributed by atoms with van der Waals surface area (Å²) >= 11 is 1.27. The Morgan fingerprint density at radius 2 is 1.77 bits per heavy atom. The second-order valence-corrected chi connectivity index (χ2v) is 9.82. The van der Waals surface area contributed by atoms with Gasteiger partial charge in [0.2, 0.25) is 0 Å². The first kappa shape index (κ1) is 22.8. The highest BCUT2D eigenvalue weighted by Crippen LogP contribution is 2.33. The normalized spacial score (nSPS) is 12.3. The number of amides is 1. The van der Waals surface area contributed by atoms with Gasteiger partial charge in [0.25, 0.3) is 5.91 Å². The van der Waals surface area contributed by atoms with E-state index in [1.165, 1.54) is 44.6 Å². The van der Waals surface area contributed by atoms with Crippen LogP contribution in [0.25, 0.3) is 0 Å². The van der Waals surface area contributed by atoms with Crippen LogP contribution in [0.2, 0.25) is 0 Å². The number of sulfone groups is 1. The molecule has 0 saturated carbocycles. The summed E-state index contributed by atoms with van der Waals surface area (Å²) < 4.78 is 50.9. The van der Waals surface area contributed by atoms with E-state index in [0.29, 0.717) is 16.4 Å². The van der Waals surface area contributed by atoms with Gasteiger partial charge in [-0.2, -0.15) is 0 Å². The Morgan fingerprint density at radius 1 is 1.10 bits per heavy atom. The summed E-state index contributed by atoms with van der Waals surface area (Å²) in [7, 11) is -1.04. The molecule has 31 heavy (non-hydrogen) atoms. The van der Waals surface area contributed by atoms with Crippen molar-refractivity contribution in [2.45, 2.75) is 17.1 Å². The molecule has 1 heterocycles. The van der Waals surface area contributed by atoms with Gasteiger partial charge in [0, 0.05) is 11.4 Å². The number of rotatable bonds is 8. The lowest BCUT2D eigenvalue weighted by molar-refractivity contribution is 0.0947. The molecule has 0 bridgehead atoms. The van der Waals surface area contributed by atoms with E-state index in [1.807, 2.05) is 0 Å². The van der Waals surface area contributed by atoms with Gasteiger partial charge in [0.05, 0.1) is 19.1 Å². The third kappa shape index (κ3) is 4.72. The summed E-state index contributed by atoms with van der Waals surface area (Å²) in [6, 6.07) is 12.0. The number of ether oxygens (including phenoxy) is 2.